The van der Waals surface area contributed by atoms with Gasteiger partial charge in [-0.25, -0.2) is 4.98 Å². The SMILES string of the molecule is O=C(c1cccc(-n2cnnc2)c1)N1CCC[C@H](c2nccs2)C1. The molecule has 3 heterocycles. The highest BCUT2D eigenvalue weighted by molar-refractivity contribution is 7.09. The summed E-state index contributed by atoms with van der Waals surface area (Å²) in [5, 5.41) is 10.8. The molecule has 3 aromatic rings. The van der Waals surface area contributed by atoms with E-state index in [9.17, 15) is 4.79 Å². The summed E-state index contributed by atoms with van der Waals surface area (Å²) in [5.41, 5.74) is 1.58. The molecule has 7 heteroatoms. The molecule has 1 aromatic carbocycles. The Morgan fingerprint density at radius 3 is 2.92 bits per heavy atom. The second kappa shape index (κ2) is 6.52. The molecule has 0 N–H and O–H groups in total. The molecule has 0 aliphatic carbocycles. The fraction of sp³-hybridized carbons (Fsp3) is 0.294. The van der Waals surface area contributed by atoms with Crippen LogP contribution in [0.25, 0.3) is 5.69 Å². The zero-order valence-corrected chi connectivity index (χ0v) is 13.9. The number of likely N-dealkylation sites (tertiary alicyclic amines) is 1. The van der Waals surface area contributed by atoms with Crippen molar-refractivity contribution in [3.8, 4) is 5.69 Å². The van der Waals surface area contributed by atoms with E-state index in [0.29, 0.717) is 11.5 Å². The molecule has 4 rings (SSSR count). The molecule has 1 amide bonds. The van der Waals surface area contributed by atoms with Crippen molar-refractivity contribution in [2.24, 2.45) is 0 Å². The summed E-state index contributed by atoms with van der Waals surface area (Å²) in [7, 11) is 0. The monoisotopic (exact) mass is 339 g/mol. The topological polar surface area (TPSA) is 63.9 Å². The van der Waals surface area contributed by atoms with Gasteiger partial charge < -0.3 is 4.90 Å². The van der Waals surface area contributed by atoms with Gasteiger partial charge >= 0.3 is 0 Å². The summed E-state index contributed by atoms with van der Waals surface area (Å²) >= 11 is 1.67. The maximum absolute atomic E-state index is 12.9. The third kappa shape index (κ3) is 2.94. The number of carbonyl (C=O) groups is 1. The summed E-state index contributed by atoms with van der Waals surface area (Å²) in [4.78, 5) is 19.3. The Morgan fingerprint density at radius 2 is 2.12 bits per heavy atom. The van der Waals surface area contributed by atoms with Crippen LogP contribution in [0.3, 0.4) is 0 Å². The summed E-state index contributed by atoms with van der Waals surface area (Å²) in [6, 6.07) is 7.58. The molecule has 2 aromatic heterocycles. The molecule has 122 valence electrons. The summed E-state index contributed by atoms with van der Waals surface area (Å²) < 4.78 is 1.80. The van der Waals surface area contributed by atoms with Crippen molar-refractivity contribution in [1.29, 1.82) is 0 Å². The van der Waals surface area contributed by atoms with Crippen molar-refractivity contribution in [1.82, 2.24) is 24.6 Å². The van der Waals surface area contributed by atoms with Crippen molar-refractivity contribution < 1.29 is 4.79 Å². The number of carbonyl (C=O) groups excluding carboxylic acids is 1. The summed E-state index contributed by atoms with van der Waals surface area (Å²) in [6.45, 7) is 1.54. The van der Waals surface area contributed by atoms with E-state index in [1.165, 1.54) is 0 Å². The molecule has 6 nitrogen and oxygen atoms in total. The van der Waals surface area contributed by atoms with Crippen LogP contribution in [0.4, 0.5) is 0 Å². The van der Waals surface area contributed by atoms with Crippen molar-refractivity contribution in [2.75, 3.05) is 13.1 Å². The van der Waals surface area contributed by atoms with Gasteiger partial charge in [0.25, 0.3) is 5.91 Å². The predicted molar refractivity (Wildman–Crippen MR) is 91.4 cm³/mol. The van der Waals surface area contributed by atoms with Crippen LogP contribution in [0.2, 0.25) is 0 Å². The Labute approximate surface area is 143 Å². The summed E-state index contributed by atoms with van der Waals surface area (Å²) in [5.74, 6) is 0.426. The highest BCUT2D eigenvalue weighted by Gasteiger charge is 2.26. The number of piperidine rings is 1. The van der Waals surface area contributed by atoms with Crippen molar-refractivity contribution in [2.45, 2.75) is 18.8 Å². The fourth-order valence-corrected chi connectivity index (χ4v) is 3.88. The van der Waals surface area contributed by atoms with Gasteiger partial charge in [-0.15, -0.1) is 21.5 Å². The molecule has 1 atom stereocenters. The molecule has 0 spiro atoms. The maximum Gasteiger partial charge on any atom is 0.253 e. The highest BCUT2D eigenvalue weighted by atomic mass is 32.1. The quantitative estimate of drug-likeness (QED) is 0.736. The lowest BCUT2D eigenvalue weighted by Gasteiger charge is -2.32. The van der Waals surface area contributed by atoms with Crippen LogP contribution in [0.5, 0.6) is 0 Å². The Morgan fingerprint density at radius 1 is 1.25 bits per heavy atom. The first-order valence-electron chi connectivity index (χ1n) is 7.95. The minimum atomic E-state index is 0.0752. The van der Waals surface area contributed by atoms with Crippen LogP contribution < -0.4 is 0 Å². The lowest BCUT2D eigenvalue weighted by Crippen LogP contribution is -2.39. The molecular weight excluding hydrogens is 322 g/mol. The van der Waals surface area contributed by atoms with Crippen molar-refractivity contribution >= 4 is 17.2 Å². The standard InChI is InChI=1S/C17H17N5OS/c23-17(13-3-1-5-15(9-13)22-11-19-20-12-22)21-7-2-4-14(10-21)16-18-6-8-24-16/h1,3,5-6,8-9,11-12,14H,2,4,7,10H2/t14-/m0/s1. The molecule has 0 bridgehead atoms. The highest BCUT2D eigenvalue weighted by Crippen LogP contribution is 2.29. The van der Waals surface area contributed by atoms with Gasteiger partial charge in [0.1, 0.15) is 12.7 Å². The van der Waals surface area contributed by atoms with Crippen LogP contribution in [0.1, 0.15) is 34.1 Å². The lowest BCUT2D eigenvalue weighted by atomic mass is 9.98. The minimum absolute atomic E-state index is 0.0752. The number of rotatable bonds is 3. The lowest BCUT2D eigenvalue weighted by molar-refractivity contribution is 0.0707. The zero-order valence-electron chi connectivity index (χ0n) is 13.1. The van der Waals surface area contributed by atoms with E-state index in [4.69, 9.17) is 0 Å². The van der Waals surface area contributed by atoms with E-state index in [-0.39, 0.29) is 5.91 Å². The number of hydrogen-bond donors (Lipinski definition) is 0. The van der Waals surface area contributed by atoms with Crippen LogP contribution in [-0.4, -0.2) is 43.6 Å². The first kappa shape index (κ1) is 15.0. The second-order valence-corrected chi connectivity index (χ2v) is 6.81. The average Bonchev–Trinajstić information content (AvgIpc) is 3.35. The van der Waals surface area contributed by atoms with E-state index < -0.39 is 0 Å². The van der Waals surface area contributed by atoms with Gasteiger partial charge in [-0.05, 0) is 31.0 Å². The van der Waals surface area contributed by atoms with Gasteiger partial charge in [-0.2, -0.15) is 0 Å². The number of nitrogens with zero attached hydrogens (tertiary/aromatic N) is 5. The molecule has 1 aliphatic rings. The van der Waals surface area contributed by atoms with E-state index in [0.717, 1.165) is 36.6 Å². The molecule has 1 saturated heterocycles. The molecule has 1 fully saturated rings. The number of aromatic nitrogens is 4. The van der Waals surface area contributed by atoms with Gasteiger partial charge in [-0.3, -0.25) is 9.36 Å². The largest absolute Gasteiger partial charge is 0.338 e. The molecular formula is C17H17N5OS. The first-order chi connectivity index (χ1) is 11.8. The maximum atomic E-state index is 12.9. The van der Waals surface area contributed by atoms with E-state index >= 15 is 0 Å². The first-order valence-corrected chi connectivity index (χ1v) is 8.83. The molecule has 1 aliphatic heterocycles. The number of benzene rings is 1. The van der Waals surface area contributed by atoms with Gasteiger partial charge in [0, 0.05) is 41.8 Å². The van der Waals surface area contributed by atoms with E-state index in [2.05, 4.69) is 15.2 Å². The van der Waals surface area contributed by atoms with Gasteiger partial charge in [0.2, 0.25) is 0 Å². The zero-order chi connectivity index (χ0) is 16.4. The second-order valence-electron chi connectivity index (χ2n) is 5.88. The third-order valence-corrected chi connectivity index (χ3v) is 5.26. The molecule has 0 unspecified atom stereocenters. The Kier molecular flexibility index (Phi) is 4.08. The number of hydrogen-bond acceptors (Lipinski definition) is 5. The Balaban J connectivity index is 1.54. The minimum Gasteiger partial charge on any atom is -0.338 e. The van der Waals surface area contributed by atoms with Crippen LogP contribution >= 0.6 is 11.3 Å². The van der Waals surface area contributed by atoms with E-state index in [1.807, 2.05) is 40.7 Å². The smallest absolute Gasteiger partial charge is 0.253 e. The molecule has 24 heavy (non-hydrogen) atoms. The average molecular weight is 339 g/mol. The normalized spacial score (nSPS) is 17.8. The van der Waals surface area contributed by atoms with Crippen LogP contribution in [0, 0.1) is 0 Å². The Hall–Kier alpha value is -2.54. The number of amides is 1. The van der Waals surface area contributed by atoms with Crippen molar-refractivity contribution in [3.05, 3.63) is 59.1 Å². The Bertz CT molecular complexity index is 815. The van der Waals surface area contributed by atoms with E-state index in [1.54, 1.807) is 28.6 Å². The summed E-state index contributed by atoms with van der Waals surface area (Å²) in [6.07, 6.45) is 7.20. The van der Waals surface area contributed by atoms with Crippen LogP contribution in [-0.2, 0) is 0 Å². The van der Waals surface area contributed by atoms with Crippen LogP contribution in [0.15, 0.2) is 48.5 Å². The number of thiazole rings is 1. The van der Waals surface area contributed by atoms with Crippen molar-refractivity contribution in [3.63, 3.8) is 0 Å². The van der Waals surface area contributed by atoms with Gasteiger partial charge in [0.05, 0.1) is 5.01 Å². The molecule has 0 radical (unpaired) electrons. The fourth-order valence-electron chi connectivity index (χ4n) is 3.12. The van der Waals surface area contributed by atoms with Gasteiger partial charge in [0.15, 0.2) is 0 Å². The molecule has 0 saturated carbocycles. The third-order valence-electron chi connectivity index (χ3n) is 4.32. The predicted octanol–water partition coefficient (Wildman–Crippen LogP) is 2.74. The van der Waals surface area contributed by atoms with Gasteiger partial charge in [-0.1, -0.05) is 6.07 Å².